The molecule has 8 nitrogen and oxygen atoms in total. The predicted octanol–water partition coefficient (Wildman–Crippen LogP) is 2.66. The minimum Gasteiger partial charge on any atom is -0.292 e. The van der Waals surface area contributed by atoms with Crippen molar-refractivity contribution in [3.8, 4) is 0 Å². The maximum atomic E-state index is 13.2. The van der Waals surface area contributed by atoms with Gasteiger partial charge in [0.1, 0.15) is 11.5 Å². The first-order valence-electron chi connectivity index (χ1n) is 8.81. The minimum absolute atomic E-state index is 0.155. The Morgan fingerprint density at radius 2 is 1.80 bits per heavy atom. The predicted molar refractivity (Wildman–Crippen MR) is 107 cm³/mol. The quantitative estimate of drug-likeness (QED) is 0.525. The molecule has 0 fully saturated rings. The molecule has 1 aromatic carbocycles. The Hall–Kier alpha value is -2.82. The lowest BCUT2D eigenvalue weighted by molar-refractivity contribution is 0.0977. The maximum Gasteiger partial charge on any atom is 0.240 e. The fraction of sp³-hybridized carbons (Fsp3) is 0.211. The van der Waals surface area contributed by atoms with Gasteiger partial charge in [-0.1, -0.05) is 11.6 Å². The lowest BCUT2D eigenvalue weighted by Crippen LogP contribution is -2.24. The molecule has 30 heavy (non-hydrogen) atoms. The van der Waals surface area contributed by atoms with Gasteiger partial charge < -0.3 is 0 Å². The van der Waals surface area contributed by atoms with E-state index in [9.17, 15) is 17.6 Å². The molecule has 0 bridgehead atoms. The zero-order valence-corrected chi connectivity index (χ0v) is 17.4. The second-order valence-electron chi connectivity index (χ2n) is 6.37. The number of benzene rings is 1. The third-order valence-corrected chi connectivity index (χ3v) is 5.77. The number of Topliss-reactive ketones (excluding diaryl/α,β-unsaturated/α-hetero) is 1. The van der Waals surface area contributed by atoms with Gasteiger partial charge in [-0.05, 0) is 31.5 Å². The second kappa shape index (κ2) is 9.33. The second-order valence-corrected chi connectivity index (χ2v) is 8.54. The van der Waals surface area contributed by atoms with Crippen LogP contribution in [0.25, 0.3) is 0 Å². The fourth-order valence-electron chi connectivity index (χ4n) is 2.40. The minimum atomic E-state index is -3.92. The Morgan fingerprint density at radius 3 is 2.43 bits per heavy atom. The van der Waals surface area contributed by atoms with Crippen molar-refractivity contribution in [2.45, 2.75) is 31.2 Å². The number of nitrogens with one attached hydrogen (secondary N) is 1. The van der Waals surface area contributed by atoms with Crippen LogP contribution in [0.3, 0.4) is 0 Å². The van der Waals surface area contributed by atoms with Crippen molar-refractivity contribution in [1.29, 1.82) is 0 Å². The van der Waals surface area contributed by atoms with Gasteiger partial charge in [0, 0.05) is 18.8 Å². The van der Waals surface area contributed by atoms with Crippen molar-refractivity contribution >= 4 is 27.4 Å². The number of aryl methyl sites for hydroxylation is 2. The number of sulfonamides is 1. The molecule has 156 valence electrons. The Morgan fingerprint density at radius 1 is 1.07 bits per heavy atom. The zero-order chi connectivity index (χ0) is 21.7. The number of nitrogens with zero attached hydrogens (tertiary/aromatic N) is 4. The molecule has 0 unspecified atom stereocenters. The van der Waals surface area contributed by atoms with Crippen molar-refractivity contribution in [1.82, 2.24) is 24.7 Å². The third-order valence-electron chi connectivity index (χ3n) is 4.08. The molecule has 0 aliphatic heterocycles. The Labute approximate surface area is 177 Å². The van der Waals surface area contributed by atoms with E-state index in [1.165, 1.54) is 12.4 Å². The number of rotatable bonds is 8. The number of halogens is 2. The number of carbonyl (C=O) groups is 1. The maximum absolute atomic E-state index is 13.2. The summed E-state index contributed by atoms with van der Waals surface area (Å²) in [5, 5.41) is -0.294. The first kappa shape index (κ1) is 21.9. The lowest BCUT2D eigenvalue weighted by atomic mass is 10.1. The van der Waals surface area contributed by atoms with Crippen molar-refractivity contribution in [2.75, 3.05) is 0 Å². The highest BCUT2D eigenvalue weighted by atomic mass is 35.5. The van der Waals surface area contributed by atoms with Gasteiger partial charge in [0.05, 0.1) is 45.9 Å². The lowest BCUT2D eigenvalue weighted by Gasteiger charge is -2.07. The molecule has 3 rings (SSSR count). The fourth-order valence-corrected chi connectivity index (χ4v) is 3.67. The topological polar surface area (TPSA) is 115 Å². The smallest absolute Gasteiger partial charge is 0.240 e. The van der Waals surface area contributed by atoms with Gasteiger partial charge in [-0.25, -0.2) is 22.5 Å². The van der Waals surface area contributed by atoms with E-state index in [0.29, 0.717) is 17.8 Å². The van der Waals surface area contributed by atoms with Gasteiger partial charge in [0.15, 0.2) is 5.78 Å². The van der Waals surface area contributed by atoms with Crippen LogP contribution in [0.2, 0.25) is 5.02 Å². The molecule has 2 heterocycles. The summed E-state index contributed by atoms with van der Waals surface area (Å²) in [6.07, 6.45) is 6.49. The van der Waals surface area contributed by atoms with Gasteiger partial charge in [0.25, 0.3) is 0 Å². The molecule has 0 amide bonds. The highest BCUT2D eigenvalue weighted by Crippen LogP contribution is 2.19. The van der Waals surface area contributed by atoms with Crippen molar-refractivity contribution < 1.29 is 17.6 Å². The van der Waals surface area contributed by atoms with Crippen LogP contribution >= 0.6 is 11.6 Å². The Kier molecular flexibility index (Phi) is 6.80. The van der Waals surface area contributed by atoms with Gasteiger partial charge in [-0.3, -0.25) is 19.7 Å². The summed E-state index contributed by atoms with van der Waals surface area (Å²) in [5.74, 6) is -0.922. The first-order chi connectivity index (χ1) is 14.2. The molecule has 0 spiro atoms. The molecule has 11 heteroatoms. The molecule has 1 N–H and O–H groups in total. The highest BCUT2D eigenvalue weighted by molar-refractivity contribution is 7.89. The molecular weight excluding hydrogens is 433 g/mol. The average Bonchev–Trinajstić information content (AvgIpc) is 2.74. The molecule has 3 aromatic rings. The normalized spacial score (nSPS) is 11.4. The molecule has 0 saturated heterocycles. The molecular formula is C19H17ClFN5O3S. The Bertz CT molecular complexity index is 1160. The molecule has 0 saturated carbocycles. The standard InChI is InChI=1S/C19H17ClFN5O3S/c1-12-7-23-13(8-22-12)2-5-19(27)18-11-24-14(9-25-18)10-26-30(28,29)15-3-4-17(21)16(20)6-15/h3-4,6-9,11,26H,2,5,10H2,1H3. The van der Waals surface area contributed by atoms with Crippen molar-refractivity contribution in [3.05, 3.63) is 76.6 Å². The molecule has 0 aliphatic carbocycles. The van der Waals surface area contributed by atoms with Crippen LogP contribution < -0.4 is 4.72 Å². The average molecular weight is 450 g/mol. The van der Waals surface area contributed by atoms with E-state index in [1.807, 2.05) is 6.92 Å². The van der Waals surface area contributed by atoms with Crippen LogP contribution in [0.15, 0.2) is 47.9 Å². The van der Waals surface area contributed by atoms with E-state index < -0.39 is 15.8 Å². The van der Waals surface area contributed by atoms with Crippen LogP contribution in [0.4, 0.5) is 4.39 Å². The van der Waals surface area contributed by atoms with E-state index in [0.717, 1.165) is 23.9 Å². The van der Waals surface area contributed by atoms with Gasteiger partial charge >= 0.3 is 0 Å². The Balaban J connectivity index is 1.57. The summed E-state index contributed by atoms with van der Waals surface area (Å²) in [7, 11) is -3.92. The number of ketones is 1. The number of hydrogen-bond acceptors (Lipinski definition) is 7. The van der Waals surface area contributed by atoms with Gasteiger partial charge in [-0.15, -0.1) is 0 Å². The van der Waals surface area contributed by atoms with Crippen molar-refractivity contribution in [2.24, 2.45) is 0 Å². The summed E-state index contributed by atoms with van der Waals surface area (Å²) in [5.41, 5.74) is 1.98. The van der Waals surface area contributed by atoms with Crippen LogP contribution in [0.5, 0.6) is 0 Å². The summed E-state index contributed by atoms with van der Waals surface area (Å²) >= 11 is 5.63. The summed E-state index contributed by atoms with van der Waals surface area (Å²) in [6, 6.07) is 3.10. The summed E-state index contributed by atoms with van der Waals surface area (Å²) < 4.78 is 40.1. The molecule has 0 atom stereocenters. The first-order valence-corrected chi connectivity index (χ1v) is 10.7. The van der Waals surface area contributed by atoms with E-state index in [2.05, 4.69) is 24.7 Å². The van der Waals surface area contributed by atoms with E-state index in [4.69, 9.17) is 11.6 Å². The molecule has 0 radical (unpaired) electrons. The number of hydrogen-bond donors (Lipinski definition) is 1. The SMILES string of the molecule is Cc1cnc(CCC(=O)c2cnc(CNS(=O)(=O)c3ccc(F)c(Cl)c3)cn2)cn1. The van der Waals surface area contributed by atoms with Crippen LogP contribution in [-0.4, -0.2) is 34.1 Å². The zero-order valence-electron chi connectivity index (χ0n) is 15.8. The van der Waals surface area contributed by atoms with E-state index in [-0.39, 0.29) is 34.4 Å². The highest BCUT2D eigenvalue weighted by Gasteiger charge is 2.16. The van der Waals surface area contributed by atoms with E-state index >= 15 is 0 Å². The summed E-state index contributed by atoms with van der Waals surface area (Å²) in [6.45, 7) is 1.67. The largest absolute Gasteiger partial charge is 0.292 e. The third kappa shape index (κ3) is 5.62. The molecule has 2 aromatic heterocycles. The van der Waals surface area contributed by atoms with Crippen molar-refractivity contribution in [3.63, 3.8) is 0 Å². The number of aromatic nitrogens is 4. The van der Waals surface area contributed by atoms with Crippen LogP contribution in [-0.2, 0) is 23.0 Å². The summed E-state index contributed by atoms with van der Waals surface area (Å²) in [4.78, 5) is 28.5. The number of carbonyl (C=O) groups excluding carboxylic acids is 1. The van der Waals surface area contributed by atoms with Gasteiger partial charge in [-0.2, -0.15) is 0 Å². The monoisotopic (exact) mass is 449 g/mol. The van der Waals surface area contributed by atoms with Gasteiger partial charge in [0.2, 0.25) is 10.0 Å². The van der Waals surface area contributed by atoms with E-state index in [1.54, 1.807) is 12.4 Å². The van der Waals surface area contributed by atoms with Crippen LogP contribution in [0.1, 0.15) is 34.0 Å². The van der Waals surface area contributed by atoms with Crippen LogP contribution in [0, 0.1) is 12.7 Å². The molecule has 0 aliphatic rings.